The Morgan fingerprint density at radius 1 is 1.09 bits per heavy atom. The van der Waals surface area contributed by atoms with Crippen molar-refractivity contribution in [3.05, 3.63) is 53.6 Å². The van der Waals surface area contributed by atoms with E-state index in [1.54, 1.807) is 0 Å². The van der Waals surface area contributed by atoms with Gasteiger partial charge in [-0.3, -0.25) is 0 Å². The van der Waals surface area contributed by atoms with Gasteiger partial charge >= 0.3 is 12.4 Å². The van der Waals surface area contributed by atoms with Crippen molar-refractivity contribution in [1.29, 1.82) is 0 Å². The molecule has 0 aliphatic carbocycles. The van der Waals surface area contributed by atoms with Crippen LogP contribution in [0.3, 0.4) is 0 Å². The number of rotatable bonds is 3. The van der Waals surface area contributed by atoms with Crippen molar-refractivity contribution >= 4 is 0 Å². The van der Waals surface area contributed by atoms with E-state index in [-0.39, 0.29) is 6.54 Å². The van der Waals surface area contributed by atoms with E-state index in [1.165, 1.54) is 23.3 Å². The molecule has 2 aromatic rings. The third-order valence-corrected chi connectivity index (χ3v) is 3.05. The second-order valence-corrected chi connectivity index (χ2v) is 4.66. The second-order valence-electron chi connectivity index (χ2n) is 4.66. The molecule has 1 heterocycles. The summed E-state index contributed by atoms with van der Waals surface area (Å²) in [6, 6.07) is 0.000186. The first-order valence-electron chi connectivity index (χ1n) is 6.08. The zero-order valence-corrected chi connectivity index (χ0v) is 11.0. The normalized spacial score (nSPS) is 14.1. The molecule has 3 nitrogen and oxygen atoms in total. The van der Waals surface area contributed by atoms with Crippen molar-refractivity contribution in [1.82, 2.24) is 9.55 Å². The smallest absolute Gasteiger partial charge is 0.336 e. The van der Waals surface area contributed by atoms with Crippen LogP contribution in [-0.4, -0.2) is 9.55 Å². The molecular weight excluding hydrogens is 312 g/mol. The van der Waals surface area contributed by atoms with E-state index in [1.807, 2.05) is 0 Å². The molecule has 1 aromatic heterocycles. The van der Waals surface area contributed by atoms with E-state index in [4.69, 9.17) is 5.73 Å². The van der Waals surface area contributed by atoms with Gasteiger partial charge < -0.3 is 10.3 Å². The Morgan fingerprint density at radius 3 is 2.27 bits per heavy atom. The fraction of sp³-hybridized carbons (Fsp3) is 0.308. The zero-order valence-electron chi connectivity index (χ0n) is 11.0. The number of nitrogens with two attached hydrogens (primary N) is 1. The van der Waals surface area contributed by atoms with Crippen molar-refractivity contribution in [2.45, 2.75) is 24.9 Å². The third kappa shape index (κ3) is 3.59. The number of benzene rings is 1. The van der Waals surface area contributed by atoms with Gasteiger partial charge in [-0.05, 0) is 23.8 Å². The molecule has 0 spiro atoms. The van der Waals surface area contributed by atoms with Gasteiger partial charge in [-0.2, -0.15) is 26.3 Å². The maximum absolute atomic E-state index is 13.0. The van der Waals surface area contributed by atoms with Crippen LogP contribution >= 0.6 is 0 Å². The Kier molecular flexibility index (Phi) is 4.19. The summed E-state index contributed by atoms with van der Waals surface area (Å²) in [5, 5.41) is 0. The average Bonchev–Trinajstić information content (AvgIpc) is 2.88. The lowest BCUT2D eigenvalue weighted by Gasteiger charge is -2.20. The monoisotopic (exact) mass is 323 g/mol. The summed E-state index contributed by atoms with van der Waals surface area (Å²) in [6.45, 7) is -0.121. The first-order chi connectivity index (χ1) is 10.1. The summed E-state index contributed by atoms with van der Waals surface area (Å²) in [6.07, 6.45) is -5.36. The van der Waals surface area contributed by atoms with Gasteiger partial charge in [-0.25, -0.2) is 4.98 Å². The first kappa shape index (κ1) is 16.3. The molecule has 1 atom stereocenters. The van der Waals surface area contributed by atoms with Gasteiger partial charge in [0.05, 0.1) is 17.5 Å². The molecule has 0 radical (unpaired) electrons. The minimum atomic E-state index is -4.79. The molecule has 0 saturated heterocycles. The summed E-state index contributed by atoms with van der Waals surface area (Å²) < 4.78 is 78.4. The van der Waals surface area contributed by atoms with E-state index >= 15 is 0 Å². The van der Waals surface area contributed by atoms with Crippen LogP contribution in [0.4, 0.5) is 26.3 Å². The third-order valence-electron chi connectivity index (χ3n) is 3.05. The summed E-state index contributed by atoms with van der Waals surface area (Å²) in [4.78, 5) is 3.70. The van der Waals surface area contributed by atoms with Crippen molar-refractivity contribution in [2.75, 3.05) is 0 Å². The number of halogens is 6. The van der Waals surface area contributed by atoms with Gasteiger partial charge in [0.25, 0.3) is 0 Å². The standard InChI is InChI=1S/C13H11F6N3/c14-12(15,16)8-1-2-10(13(17,18)19)9(5-8)11(20)6-22-4-3-21-7-22/h1-5,7,11H,6,20H2. The Labute approximate surface area is 121 Å². The molecule has 0 bridgehead atoms. The molecule has 0 amide bonds. The highest BCUT2D eigenvalue weighted by Crippen LogP contribution is 2.38. The summed E-state index contributed by atoms with van der Waals surface area (Å²) >= 11 is 0. The van der Waals surface area contributed by atoms with Crippen molar-refractivity contribution in [3.63, 3.8) is 0 Å². The van der Waals surface area contributed by atoms with Crippen LogP contribution in [0.15, 0.2) is 36.9 Å². The lowest BCUT2D eigenvalue weighted by atomic mass is 9.97. The van der Waals surface area contributed by atoms with Crippen molar-refractivity contribution in [2.24, 2.45) is 5.73 Å². The molecular formula is C13H11F6N3. The van der Waals surface area contributed by atoms with Crippen molar-refractivity contribution < 1.29 is 26.3 Å². The van der Waals surface area contributed by atoms with Gasteiger partial charge in [0.2, 0.25) is 0 Å². The summed E-state index contributed by atoms with van der Waals surface area (Å²) in [5.41, 5.74) is 2.74. The first-order valence-corrected chi connectivity index (χ1v) is 6.08. The van der Waals surface area contributed by atoms with Gasteiger partial charge in [0.15, 0.2) is 0 Å². The fourth-order valence-corrected chi connectivity index (χ4v) is 2.02. The largest absolute Gasteiger partial charge is 0.416 e. The summed E-state index contributed by atoms with van der Waals surface area (Å²) in [5.74, 6) is 0. The maximum atomic E-state index is 13.0. The Balaban J connectivity index is 2.45. The molecule has 9 heteroatoms. The number of alkyl halides is 6. The number of hydrogen-bond acceptors (Lipinski definition) is 2. The van der Waals surface area contributed by atoms with Crippen molar-refractivity contribution in [3.8, 4) is 0 Å². The molecule has 1 aromatic carbocycles. The number of hydrogen-bond donors (Lipinski definition) is 1. The Morgan fingerprint density at radius 2 is 1.77 bits per heavy atom. The van der Waals surface area contributed by atoms with Crippen LogP contribution in [0.25, 0.3) is 0 Å². The number of nitrogens with zero attached hydrogens (tertiary/aromatic N) is 2. The van der Waals surface area contributed by atoms with Crippen LogP contribution in [0.5, 0.6) is 0 Å². The van der Waals surface area contributed by atoms with E-state index in [0.717, 1.165) is 0 Å². The summed E-state index contributed by atoms with van der Waals surface area (Å²) in [7, 11) is 0. The zero-order chi connectivity index (χ0) is 16.5. The van der Waals surface area contributed by atoms with Gasteiger partial charge in [0.1, 0.15) is 0 Å². The molecule has 0 aliphatic heterocycles. The lowest BCUT2D eigenvalue weighted by Crippen LogP contribution is -2.22. The second kappa shape index (κ2) is 5.64. The molecule has 0 saturated carbocycles. The molecule has 0 aliphatic rings. The molecule has 2 rings (SSSR count). The van der Waals surface area contributed by atoms with E-state index in [9.17, 15) is 26.3 Å². The minimum Gasteiger partial charge on any atom is -0.336 e. The molecule has 1 unspecified atom stereocenters. The van der Waals surface area contributed by atoms with Crippen LogP contribution in [0.2, 0.25) is 0 Å². The van der Waals surface area contributed by atoms with Gasteiger partial charge in [-0.15, -0.1) is 0 Å². The fourth-order valence-electron chi connectivity index (χ4n) is 2.02. The van der Waals surface area contributed by atoms with Gasteiger partial charge in [0, 0.05) is 25.0 Å². The molecule has 120 valence electrons. The topological polar surface area (TPSA) is 43.8 Å². The average molecular weight is 323 g/mol. The van der Waals surface area contributed by atoms with E-state index in [0.29, 0.717) is 18.2 Å². The highest BCUT2D eigenvalue weighted by atomic mass is 19.4. The van der Waals surface area contributed by atoms with Crippen LogP contribution < -0.4 is 5.73 Å². The van der Waals surface area contributed by atoms with Crippen LogP contribution in [0, 0.1) is 0 Å². The van der Waals surface area contributed by atoms with Gasteiger partial charge in [-0.1, -0.05) is 0 Å². The minimum absolute atomic E-state index is 0.121. The molecule has 2 N–H and O–H groups in total. The highest BCUT2D eigenvalue weighted by Gasteiger charge is 2.38. The predicted octanol–water partition coefficient (Wildman–Crippen LogP) is 3.62. The number of aromatic nitrogens is 2. The predicted molar refractivity (Wildman–Crippen MR) is 65.6 cm³/mol. The Hall–Kier alpha value is -2.03. The molecule has 22 heavy (non-hydrogen) atoms. The molecule has 0 fully saturated rings. The van der Waals surface area contributed by atoms with Crippen LogP contribution in [-0.2, 0) is 18.9 Å². The maximum Gasteiger partial charge on any atom is 0.416 e. The SMILES string of the molecule is NC(Cn1ccnc1)c1cc(C(F)(F)F)ccc1C(F)(F)F. The Bertz CT molecular complexity index is 630. The quantitative estimate of drug-likeness (QED) is 0.877. The lowest BCUT2D eigenvalue weighted by molar-refractivity contribution is -0.142. The van der Waals surface area contributed by atoms with E-state index < -0.39 is 35.1 Å². The van der Waals surface area contributed by atoms with Crippen LogP contribution in [0.1, 0.15) is 22.7 Å². The number of imidazole rings is 1. The van der Waals surface area contributed by atoms with E-state index in [2.05, 4.69) is 4.98 Å². The highest BCUT2D eigenvalue weighted by molar-refractivity contribution is 5.37.